The molecule has 156 valence electrons. The Labute approximate surface area is 198 Å². The van der Waals surface area contributed by atoms with Gasteiger partial charge in [0.15, 0.2) is 0 Å². The minimum atomic E-state index is 0.897. The van der Waals surface area contributed by atoms with Crippen LogP contribution in [0.3, 0.4) is 0 Å². The summed E-state index contributed by atoms with van der Waals surface area (Å²) in [5.74, 6) is 0. The molecule has 33 heavy (non-hydrogen) atoms. The molecule has 0 aliphatic carbocycles. The molecule has 0 saturated carbocycles. The molecule has 0 N–H and O–H groups in total. The van der Waals surface area contributed by atoms with Crippen LogP contribution in [0.15, 0.2) is 116 Å². The van der Waals surface area contributed by atoms with E-state index >= 15 is 0 Å². The number of hydrogen-bond donors (Lipinski definition) is 0. The topological polar surface area (TPSA) is 26.3 Å². The van der Waals surface area contributed by atoms with Crippen molar-refractivity contribution in [2.24, 2.45) is 0 Å². The molecule has 2 aromatic heterocycles. The van der Waals surface area contributed by atoms with Crippen LogP contribution in [0.5, 0.6) is 0 Å². The fourth-order valence-electron chi connectivity index (χ4n) is 4.80. The highest BCUT2D eigenvalue weighted by molar-refractivity contribution is 9.10. The van der Waals surface area contributed by atoms with Crippen LogP contribution in [0, 0.1) is 0 Å². The van der Waals surface area contributed by atoms with E-state index in [0.717, 1.165) is 70.6 Å². The molecule has 0 atom stereocenters. The second-order valence-electron chi connectivity index (χ2n) is 8.28. The molecule has 0 aliphatic heterocycles. The van der Waals surface area contributed by atoms with E-state index in [4.69, 9.17) is 8.83 Å². The standard InChI is InChI=1S/C30H17BrO2/c31-20-14-11-18(12-15-20)21-6-3-8-24-25-9-4-7-22(30(25)33-29(21)24)19-13-16-28-26(17-19)23-5-1-2-10-27(23)32-28/h1-17H. The fourth-order valence-corrected chi connectivity index (χ4v) is 5.06. The number of benzene rings is 5. The summed E-state index contributed by atoms with van der Waals surface area (Å²) in [4.78, 5) is 0. The maximum Gasteiger partial charge on any atom is 0.143 e. The Balaban J connectivity index is 1.49. The Hall–Kier alpha value is -3.82. The monoisotopic (exact) mass is 488 g/mol. The van der Waals surface area contributed by atoms with Crippen LogP contribution in [0.1, 0.15) is 0 Å². The van der Waals surface area contributed by atoms with Crippen molar-refractivity contribution in [3.8, 4) is 22.3 Å². The Morgan fingerprint density at radius 3 is 1.82 bits per heavy atom. The van der Waals surface area contributed by atoms with Crippen LogP contribution < -0.4 is 0 Å². The number of hydrogen-bond acceptors (Lipinski definition) is 2. The molecule has 5 aromatic carbocycles. The normalized spacial score (nSPS) is 11.8. The van der Waals surface area contributed by atoms with Crippen molar-refractivity contribution < 1.29 is 8.83 Å². The van der Waals surface area contributed by atoms with Crippen molar-refractivity contribution in [2.45, 2.75) is 0 Å². The number of fused-ring (bicyclic) bond motifs is 6. The first-order valence-electron chi connectivity index (χ1n) is 10.9. The smallest absolute Gasteiger partial charge is 0.143 e. The van der Waals surface area contributed by atoms with Crippen LogP contribution in [0.4, 0.5) is 0 Å². The van der Waals surface area contributed by atoms with Crippen LogP contribution in [0.25, 0.3) is 66.1 Å². The third-order valence-corrected chi connectivity index (χ3v) is 6.90. The SMILES string of the molecule is Brc1ccc(-c2cccc3c2oc2c(-c4ccc5oc6ccccc6c5c4)cccc23)cc1. The van der Waals surface area contributed by atoms with Crippen molar-refractivity contribution >= 4 is 59.8 Å². The summed E-state index contributed by atoms with van der Waals surface area (Å²) in [7, 11) is 0. The maximum absolute atomic E-state index is 6.60. The first-order chi connectivity index (χ1) is 16.3. The Morgan fingerprint density at radius 2 is 1.06 bits per heavy atom. The van der Waals surface area contributed by atoms with E-state index in [2.05, 4.69) is 101 Å². The van der Waals surface area contributed by atoms with Gasteiger partial charge in [0, 0.05) is 37.1 Å². The number of rotatable bonds is 2. The third-order valence-electron chi connectivity index (χ3n) is 6.37. The largest absolute Gasteiger partial charge is 0.456 e. The van der Waals surface area contributed by atoms with E-state index in [1.807, 2.05) is 18.2 Å². The first-order valence-corrected chi connectivity index (χ1v) is 11.7. The summed E-state index contributed by atoms with van der Waals surface area (Å²) in [6.07, 6.45) is 0. The zero-order valence-corrected chi connectivity index (χ0v) is 19.1. The highest BCUT2D eigenvalue weighted by Crippen LogP contribution is 2.41. The molecule has 7 rings (SSSR count). The molecule has 7 aromatic rings. The zero-order chi connectivity index (χ0) is 21.9. The van der Waals surface area contributed by atoms with E-state index in [0.29, 0.717) is 0 Å². The molecule has 0 saturated heterocycles. The van der Waals surface area contributed by atoms with Gasteiger partial charge in [-0.3, -0.25) is 0 Å². The van der Waals surface area contributed by atoms with Gasteiger partial charge in [0.1, 0.15) is 22.3 Å². The molecule has 0 unspecified atom stereocenters. The van der Waals surface area contributed by atoms with Gasteiger partial charge in [-0.2, -0.15) is 0 Å². The van der Waals surface area contributed by atoms with Crippen LogP contribution >= 0.6 is 15.9 Å². The van der Waals surface area contributed by atoms with Gasteiger partial charge in [-0.15, -0.1) is 0 Å². The van der Waals surface area contributed by atoms with Gasteiger partial charge in [-0.05, 0) is 41.5 Å². The average Bonchev–Trinajstić information content (AvgIpc) is 3.42. The van der Waals surface area contributed by atoms with Crippen molar-refractivity contribution in [3.63, 3.8) is 0 Å². The molecular formula is C30H17BrO2. The van der Waals surface area contributed by atoms with Crippen molar-refractivity contribution in [3.05, 3.63) is 108 Å². The van der Waals surface area contributed by atoms with Gasteiger partial charge in [0.05, 0.1) is 0 Å². The van der Waals surface area contributed by atoms with E-state index in [1.54, 1.807) is 0 Å². The Kier molecular flexibility index (Phi) is 4.02. The molecule has 2 heterocycles. The second-order valence-corrected chi connectivity index (χ2v) is 9.20. The first kappa shape index (κ1) is 18.7. The second kappa shape index (κ2) is 7.09. The van der Waals surface area contributed by atoms with Gasteiger partial charge >= 0.3 is 0 Å². The predicted octanol–water partition coefficient (Wildman–Crippen LogP) is 9.58. The summed E-state index contributed by atoms with van der Waals surface area (Å²) in [6.45, 7) is 0. The minimum absolute atomic E-state index is 0.897. The third kappa shape index (κ3) is 2.86. The average molecular weight is 489 g/mol. The van der Waals surface area contributed by atoms with Gasteiger partial charge in [0.2, 0.25) is 0 Å². The summed E-state index contributed by atoms with van der Waals surface area (Å²) in [5.41, 5.74) is 8.05. The maximum atomic E-state index is 6.60. The van der Waals surface area contributed by atoms with Crippen molar-refractivity contribution in [1.29, 1.82) is 0 Å². The van der Waals surface area contributed by atoms with E-state index < -0.39 is 0 Å². The number of para-hydroxylation sites is 3. The van der Waals surface area contributed by atoms with Crippen molar-refractivity contribution in [2.75, 3.05) is 0 Å². The fraction of sp³-hybridized carbons (Fsp3) is 0. The zero-order valence-electron chi connectivity index (χ0n) is 17.5. The highest BCUT2D eigenvalue weighted by Gasteiger charge is 2.16. The van der Waals surface area contributed by atoms with E-state index in [-0.39, 0.29) is 0 Å². The lowest BCUT2D eigenvalue weighted by molar-refractivity contribution is 0.668. The summed E-state index contributed by atoms with van der Waals surface area (Å²) in [5, 5.41) is 4.50. The Bertz CT molecular complexity index is 1820. The number of furan rings is 2. The van der Waals surface area contributed by atoms with Crippen LogP contribution in [-0.2, 0) is 0 Å². The van der Waals surface area contributed by atoms with E-state index in [1.165, 1.54) is 0 Å². The lowest BCUT2D eigenvalue weighted by Gasteiger charge is -2.03. The van der Waals surface area contributed by atoms with Gasteiger partial charge in [-0.1, -0.05) is 88.7 Å². The Morgan fingerprint density at radius 1 is 0.455 bits per heavy atom. The van der Waals surface area contributed by atoms with E-state index in [9.17, 15) is 0 Å². The molecule has 0 amide bonds. The quantitative estimate of drug-likeness (QED) is 0.242. The minimum Gasteiger partial charge on any atom is -0.456 e. The summed E-state index contributed by atoms with van der Waals surface area (Å²) >= 11 is 3.53. The molecule has 0 aliphatic rings. The lowest BCUT2D eigenvalue weighted by atomic mass is 9.99. The molecule has 0 fully saturated rings. The van der Waals surface area contributed by atoms with Gasteiger partial charge in [0.25, 0.3) is 0 Å². The number of halogens is 1. The predicted molar refractivity (Wildman–Crippen MR) is 140 cm³/mol. The molecular weight excluding hydrogens is 472 g/mol. The summed E-state index contributed by atoms with van der Waals surface area (Å²) < 4.78 is 13.7. The molecule has 2 nitrogen and oxygen atoms in total. The molecule has 0 bridgehead atoms. The molecule has 0 spiro atoms. The van der Waals surface area contributed by atoms with Gasteiger partial charge < -0.3 is 8.83 Å². The lowest BCUT2D eigenvalue weighted by Crippen LogP contribution is -1.79. The molecule has 0 radical (unpaired) electrons. The molecule has 3 heteroatoms. The summed E-state index contributed by atoms with van der Waals surface area (Å²) in [6, 6.07) is 35.6. The van der Waals surface area contributed by atoms with Crippen molar-refractivity contribution in [1.82, 2.24) is 0 Å². The highest BCUT2D eigenvalue weighted by atomic mass is 79.9. The van der Waals surface area contributed by atoms with Crippen LogP contribution in [0.2, 0.25) is 0 Å². The van der Waals surface area contributed by atoms with Crippen LogP contribution in [-0.4, -0.2) is 0 Å². The van der Waals surface area contributed by atoms with Gasteiger partial charge in [-0.25, -0.2) is 0 Å².